The molecule has 1 amide bonds. The molecule has 0 spiro atoms. The molecule has 0 saturated carbocycles. The van der Waals surface area contributed by atoms with Gasteiger partial charge in [-0.25, -0.2) is 4.99 Å². The Morgan fingerprint density at radius 2 is 1.96 bits per heavy atom. The minimum absolute atomic E-state index is 0.0196. The van der Waals surface area contributed by atoms with Crippen LogP contribution < -0.4 is 16.0 Å². The van der Waals surface area contributed by atoms with Crippen molar-refractivity contribution in [2.45, 2.75) is 53.0 Å². The molecule has 0 radical (unpaired) electrons. The molecule has 0 bridgehead atoms. The van der Waals surface area contributed by atoms with Gasteiger partial charge >= 0.3 is 0 Å². The summed E-state index contributed by atoms with van der Waals surface area (Å²) in [5.41, 5.74) is 1.91. The molecule has 1 saturated heterocycles. The van der Waals surface area contributed by atoms with E-state index in [2.05, 4.69) is 27.8 Å². The largest absolute Gasteiger partial charge is 0.357 e. The van der Waals surface area contributed by atoms with Gasteiger partial charge in [-0.1, -0.05) is 32.4 Å². The van der Waals surface area contributed by atoms with E-state index in [9.17, 15) is 4.79 Å². The lowest BCUT2D eigenvalue weighted by molar-refractivity contribution is -0.119. The summed E-state index contributed by atoms with van der Waals surface area (Å²) in [5, 5.41) is 9.74. The fourth-order valence-electron chi connectivity index (χ4n) is 3.23. The highest BCUT2D eigenvalue weighted by Crippen LogP contribution is 2.14. The molecular weight excluding hydrogens is 350 g/mol. The predicted octanol–water partition coefficient (Wildman–Crippen LogP) is 3.21. The van der Waals surface area contributed by atoms with E-state index in [0.717, 1.165) is 43.3 Å². The van der Waals surface area contributed by atoms with Crippen molar-refractivity contribution >= 4 is 17.6 Å². The standard InChI is InChI=1S/C22H37N5O/c1-4-18(3)21(28)26-20-11-9-10-19(16-20)17-25-22(23-5-2)24-12-15-27-13-7-6-8-14-27/h9-11,16,18H,4-8,12-15,17H2,1-3H3,(H,26,28)(H2,23,24,25). The molecule has 0 aromatic heterocycles. The molecule has 1 aromatic rings. The van der Waals surface area contributed by atoms with Gasteiger partial charge in [-0.2, -0.15) is 0 Å². The molecule has 156 valence electrons. The van der Waals surface area contributed by atoms with Gasteiger partial charge in [0.25, 0.3) is 0 Å². The van der Waals surface area contributed by atoms with Crippen LogP contribution in [0.1, 0.15) is 52.0 Å². The monoisotopic (exact) mass is 387 g/mol. The van der Waals surface area contributed by atoms with Gasteiger partial charge in [0.05, 0.1) is 6.54 Å². The van der Waals surface area contributed by atoms with E-state index >= 15 is 0 Å². The Hall–Kier alpha value is -2.08. The Bertz CT molecular complexity index is 625. The van der Waals surface area contributed by atoms with Gasteiger partial charge in [-0.05, 0) is 57.0 Å². The number of carbonyl (C=O) groups is 1. The van der Waals surface area contributed by atoms with E-state index in [1.165, 1.54) is 32.4 Å². The van der Waals surface area contributed by atoms with Gasteiger partial charge in [0, 0.05) is 31.2 Å². The van der Waals surface area contributed by atoms with Crippen LogP contribution in [0.25, 0.3) is 0 Å². The average Bonchev–Trinajstić information content (AvgIpc) is 2.72. The number of aliphatic imine (C=N–C) groups is 1. The lowest BCUT2D eigenvalue weighted by atomic mass is 10.1. The lowest BCUT2D eigenvalue weighted by Gasteiger charge is -2.26. The second-order valence-electron chi connectivity index (χ2n) is 7.52. The number of carbonyl (C=O) groups excluding carboxylic acids is 1. The third-order valence-electron chi connectivity index (χ3n) is 5.19. The molecule has 0 aliphatic carbocycles. The average molecular weight is 388 g/mol. The first-order chi connectivity index (χ1) is 13.6. The first kappa shape index (κ1) is 22.2. The fourth-order valence-corrected chi connectivity index (χ4v) is 3.23. The Morgan fingerprint density at radius 3 is 2.68 bits per heavy atom. The molecule has 1 aromatic carbocycles. The molecule has 1 fully saturated rings. The van der Waals surface area contributed by atoms with Crippen molar-refractivity contribution < 1.29 is 4.79 Å². The number of guanidine groups is 1. The van der Waals surface area contributed by atoms with Crippen molar-refractivity contribution in [3.05, 3.63) is 29.8 Å². The van der Waals surface area contributed by atoms with Gasteiger partial charge < -0.3 is 20.9 Å². The van der Waals surface area contributed by atoms with Crippen LogP contribution in [0.5, 0.6) is 0 Å². The molecule has 6 heteroatoms. The summed E-state index contributed by atoms with van der Waals surface area (Å²) in [4.78, 5) is 19.3. The Balaban J connectivity index is 1.86. The molecule has 1 atom stereocenters. The van der Waals surface area contributed by atoms with E-state index in [1.807, 2.05) is 38.1 Å². The normalized spacial score (nSPS) is 16.5. The molecule has 1 unspecified atom stereocenters. The van der Waals surface area contributed by atoms with Crippen LogP contribution in [0.2, 0.25) is 0 Å². The quantitative estimate of drug-likeness (QED) is 0.450. The van der Waals surface area contributed by atoms with E-state index in [-0.39, 0.29) is 11.8 Å². The van der Waals surface area contributed by atoms with Crippen LogP contribution in [0.4, 0.5) is 5.69 Å². The molecule has 28 heavy (non-hydrogen) atoms. The molecule has 1 aliphatic rings. The van der Waals surface area contributed by atoms with Crippen molar-refractivity contribution in [1.82, 2.24) is 15.5 Å². The van der Waals surface area contributed by atoms with Crippen LogP contribution in [0.3, 0.4) is 0 Å². The SMILES string of the molecule is CCNC(=NCc1cccc(NC(=O)C(C)CC)c1)NCCN1CCCCC1. The molecule has 1 aliphatic heterocycles. The summed E-state index contributed by atoms with van der Waals surface area (Å²) >= 11 is 0. The maximum Gasteiger partial charge on any atom is 0.227 e. The smallest absolute Gasteiger partial charge is 0.227 e. The number of nitrogens with zero attached hydrogens (tertiary/aromatic N) is 2. The predicted molar refractivity (Wildman–Crippen MR) is 118 cm³/mol. The highest BCUT2D eigenvalue weighted by atomic mass is 16.1. The topological polar surface area (TPSA) is 68.8 Å². The fraction of sp³-hybridized carbons (Fsp3) is 0.636. The third kappa shape index (κ3) is 7.89. The number of benzene rings is 1. The maximum atomic E-state index is 12.1. The maximum absolute atomic E-state index is 12.1. The second kappa shape index (κ2) is 12.4. The minimum atomic E-state index is 0.0196. The van der Waals surface area contributed by atoms with Crippen LogP contribution in [0, 0.1) is 5.92 Å². The Labute approximate surface area is 170 Å². The number of anilines is 1. The zero-order valence-corrected chi connectivity index (χ0v) is 17.8. The van der Waals surface area contributed by atoms with Crippen molar-refractivity contribution in [3.8, 4) is 0 Å². The summed E-state index contributed by atoms with van der Waals surface area (Å²) in [6.07, 6.45) is 4.84. The zero-order chi connectivity index (χ0) is 20.2. The minimum Gasteiger partial charge on any atom is -0.357 e. The van der Waals surface area contributed by atoms with Gasteiger partial charge in [-0.15, -0.1) is 0 Å². The van der Waals surface area contributed by atoms with Gasteiger partial charge in [0.15, 0.2) is 5.96 Å². The van der Waals surface area contributed by atoms with Crippen molar-refractivity contribution in [3.63, 3.8) is 0 Å². The Kier molecular flexibility index (Phi) is 9.83. The lowest BCUT2D eigenvalue weighted by Crippen LogP contribution is -2.42. The molecule has 2 rings (SSSR count). The molecule has 1 heterocycles. The zero-order valence-electron chi connectivity index (χ0n) is 17.8. The summed E-state index contributed by atoms with van der Waals surface area (Å²) in [7, 11) is 0. The molecular formula is C22H37N5O. The van der Waals surface area contributed by atoms with Crippen LogP contribution in [-0.4, -0.2) is 49.5 Å². The van der Waals surface area contributed by atoms with Gasteiger partial charge in [0.1, 0.15) is 0 Å². The summed E-state index contributed by atoms with van der Waals surface area (Å²) in [6.45, 7) is 11.8. The van der Waals surface area contributed by atoms with E-state index in [0.29, 0.717) is 6.54 Å². The highest BCUT2D eigenvalue weighted by molar-refractivity contribution is 5.92. The number of hydrogen-bond donors (Lipinski definition) is 3. The van der Waals surface area contributed by atoms with Crippen LogP contribution in [-0.2, 0) is 11.3 Å². The molecule has 6 nitrogen and oxygen atoms in total. The van der Waals surface area contributed by atoms with Crippen LogP contribution >= 0.6 is 0 Å². The van der Waals surface area contributed by atoms with E-state index in [4.69, 9.17) is 4.99 Å². The molecule has 3 N–H and O–H groups in total. The summed E-state index contributed by atoms with van der Waals surface area (Å²) in [5.74, 6) is 0.926. The number of rotatable bonds is 9. The van der Waals surface area contributed by atoms with Crippen LogP contribution in [0.15, 0.2) is 29.3 Å². The third-order valence-corrected chi connectivity index (χ3v) is 5.19. The van der Waals surface area contributed by atoms with Crippen molar-refractivity contribution in [2.24, 2.45) is 10.9 Å². The van der Waals surface area contributed by atoms with Gasteiger partial charge in [0.2, 0.25) is 5.91 Å². The van der Waals surface area contributed by atoms with Gasteiger partial charge in [-0.3, -0.25) is 4.79 Å². The van der Waals surface area contributed by atoms with E-state index in [1.54, 1.807) is 0 Å². The summed E-state index contributed by atoms with van der Waals surface area (Å²) in [6, 6.07) is 7.93. The van der Waals surface area contributed by atoms with Crippen molar-refractivity contribution in [2.75, 3.05) is 38.0 Å². The first-order valence-corrected chi connectivity index (χ1v) is 10.8. The highest BCUT2D eigenvalue weighted by Gasteiger charge is 2.11. The van der Waals surface area contributed by atoms with Crippen molar-refractivity contribution in [1.29, 1.82) is 0 Å². The van der Waals surface area contributed by atoms with E-state index < -0.39 is 0 Å². The summed E-state index contributed by atoms with van der Waals surface area (Å²) < 4.78 is 0. The Morgan fingerprint density at radius 1 is 1.18 bits per heavy atom. The first-order valence-electron chi connectivity index (χ1n) is 10.8. The second-order valence-corrected chi connectivity index (χ2v) is 7.52. The number of likely N-dealkylation sites (tertiary alicyclic amines) is 1. The number of hydrogen-bond acceptors (Lipinski definition) is 3. The number of amides is 1. The number of nitrogens with one attached hydrogen (secondary N) is 3. The number of piperidine rings is 1.